The van der Waals surface area contributed by atoms with Gasteiger partial charge in [0.15, 0.2) is 6.04 Å². The average molecular weight is 289 g/mol. The first-order valence-corrected chi connectivity index (χ1v) is 5.92. The summed E-state index contributed by atoms with van der Waals surface area (Å²) in [6, 6.07) is 2.73. The summed E-state index contributed by atoms with van der Waals surface area (Å²) in [6.07, 6.45) is -3.97. The molecule has 1 atom stereocenters. The van der Waals surface area contributed by atoms with Crippen LogP contribution < -0.4 is 0 Å². The van der Waals surface area contributed by atoms with Crippen molar-refractivity contribution in [3.8, 4) is 0 Å². The molecule has 110 valence electrons. The molecule has 1 unspecified atom stereocenters. The lowest BCUT2D eigenvalue weighted by molar-refractivity contribution is -0.148. The van der Waals surface area contributed by atoms with Crippen molar-refractivity contribution < 1.29 is 27.9 Å². The molecule has 0 aliphatic heterocycles. The van der Waals surface area contributed by atoms with Crippen molar-refractivity contribution in [2.45, 2.75) is 25.6 Å². The maximum atomic E-state index is 12.9. The van der Waals surface area contributed by atoms with Crippen LogP contribution in [0.1, 0.15) is 30.5 Å². The summed E-state index contributed by atoms with van der Waals surface area (Å²) in [7, 11) is 0. The molecule has 0 heterocycles. The van der Waals surface area contributed by atoms with E-state index in [1.165, 1.54) is 12.1 Å². The van der Waals surface area contributed by atoms with Crippen molar-refractivity contribution in [3.05, 3.63) is 35.4 Å². The third kappa shape index (κ3) is 3.49. The number of hydrogen-bond donors (Lipinski definition) is 1. The monoisotopic (exact) mass is 289 g/mol. The van der Waals surface area contributed by atoms with Crippen LogP contribution in [0.5, 0.6) is 0 Å². The van der Waals surface area contributed by atoms with Gasteiger partial charge in [-0.05, 0) is 18.1 Å². The standard InChI is InChI=1S/C13H14F3NO3/c1-2-7-17(8-18)11(12(19)20)9-5-3-4-6-10(9)13(14,15)16/h3-6,8,11H,2,7H2,1H3,(H,19,20). The maximum Gasteiger partial charge on any atom is 0.416 e. The highest BCUT2D eigenvalue weighted by molar-refractivity contribution is 5.78. The molecule has 0 aromatic heterocycles. The van der Waals surface area contributed by atoms with E-state index >= 15 is 0 Å². The number of aliphatic carboxylic acids is 1. The number of benzene rings is 1. The fourth-order valence-corrected chi connectivity index (χ4v) is 1.95. The molecule has 1 rings (SSSR count). The van der Waals surface area contributed by atoms with Crippen LogP contribution in [0.2, 0.25) is 0 Å². The van der Waals surface area contributed by atoms with Crippen molar-refractivity contribution in [2.75, 3.05) is 6.54 Å². The van der Waals surface area contributed by atoms with Gasteiger partial charge in [0.25, 0.3) is 0 Å². The second-order valence-corrected chi connectivity index (χ2v) is 4.17. The number of halogens is 3. The van der Waals surface area contributed by atoms with Gasteiger partial charge in [-0.2, -0.15) is 13.2 Å². The largest absolute Gasteiger partial charge is 0.479 e. The third-order valence-electron chi connectivity index (χ3n) is 2.74. The summed E-state index contributed by atoms with van der Waals surface area (Å²) in [5.74, 6) is -1.50. The molecule has 0 fully saturated rings. The molecule has 0 bridgehead atoms. The molecule has 1 aromatic carbocycles. The summed E-state index contributed by atoms with van der Waals surface area (Å²) in [4.78, 5) is 23.1. The molecule has 7 heteroatoms. The number of hydrogen-bond acceptors (Lipinski definition) is 2. The van der Waals surface area contributed by atoms with E-state index in [4.69, 9.17) is 0 Å². The van der Waals surface area contributed by atoms with Gasteiger partial charge in [-0.1, -0.05) is 25.1 Å². The van der Waals surface area contributed by atoms with Crippen LogP contribution >= 0.6 is 0 Å². The van der Waals surface area contributed by atoms with Gasteiger partial charge < -0.3 is 10.0 Å². The summed E-state index contributed by atoms with van der Waals surface area (Å²) in [5.41, 5.74) is -1.48. The van der Waals surface area contributed by atoms with Gasteiger partial charge in [-0.3, -0.25) is 4.79 Å². The average Bonchev–Trinajstić information content (AvgIpc) is 2.37. The van der Waals surface area contributed by atoms with Crippen LogP contribution in [-0.2, 0) is 15.8 Å². The maximum absolute atomic E-state index is 12.9. The minimum Gasteiger partial charge on any atom is -0.479 e. The number of carbonyl (C=O) groups is 2. The topological polar surface area (TPSA) is 57.6 Å². The summed E-state index contributed by atoms with van der Waals surface area (Å²) in [5, 5.41) is 9.18. The van der Waals surface area contributed by atoms with Crippen LogP contribution in [0.15, 0.2) is 24.3 Å². The number of rotatable bonds is 6. The number of carboxylic acid groups (broad SMARTS) is 1. The van der Waals surface area contributed by atoms with E-state index in [1.54, 1.807) is 6.92 Å². The minimum absolute atomic E-state index is 0.0622. The number of carbonyl (C=O) groups excluding carboxylic acids is 1. The molecule has 20 heavy (non-hydrogen) atoms. The molecule has 1 N–H and O–H groups in total. The molecule has 0 aliphatic rings. The van der Waals surface area contributed by atoms with Gasteiger partial charge in [0, 0.05) is 6.54 Å². The van der Waals surface area contributed by atoms with Gasteiger partial charge in [-0.25, -0.2) is 4.79 Å². The highest BCUT2D eigenvalue weighted by Crippen LogP contribution is 2.36. The normalized spacial score (nSPS) is 12.8. The van der Waals surface area contributed by atoms with Crippen LogP contribution in [-0.4, -0.2) is 28.9 Å². The first-order chi connectivity index (χ1) is 9.32. The van der Waals surface area contributed by atoms with Crippen molar-refractivity contribution in [2.24, 2.45) is 0 Å². The van der Waals surface area contributed by atoms with E-state index in [2.05, 4.69) is 0 Å². The van der Waals surface area contributed by atoms with E-state index in [0.29, 0.717) is 6.42 Å². The molecule has 0 saturated carbocycles. The van der Waals surface area contributed by atoms with Gasteiger partial charge in [0.05, 0.1) is 5.56 Å². The Hall–Kier alpha value is -2.05. The van der Waals surface area contributed by atoms with Crippen molar-refractivity contribution in [3.63, 3.8) is 0 Å². The van der Waals surface area contributed by atoms with Gasteiger partial charge in [-0.15, -0.1) is 0 Å². The molecule has 1 aromatic rings. The Morgan fingerprint density at radius 1 is 1.40 bits per heavy atom. The Morgan fingerprint density at radius 3 is 2.45 bits per heavy atom. The lowest BCUT2D eigenvalue weighted by Gasteiger charge is -2.27. The first-order valence-electron chi connectivity index (χ1n) is 5.92. The lowest BCUT2D eigenvalue weighted by Crippen LogP contribution is -2.35. The van der Waals surface area contributed by atoms with Crippen LogP contribution in [0.3, 0.4) is 0 Å². The van der Waals surface area contributed by atoms with Crippen LogP contribution in [0.4, 0.5) is 13.2 Å². The summed E-state index contributed by atoms with van der Waals surface area (Å²) < 4.78 is 38.8. The Morgan fingerprint density at radius 2 is 2.00 bits per heavy atom. The minimum atomic E-state index is -4.68. The molecule has 0 aliphatic carbocycles. The third-order valence-corrected chi connectivity index (χ3v) is 2.74. The molecule has 0 radical (unpaired) electrons. The van der Waals surface area contributed by atoms with Crippen molar-refractivity contribution >= 4 is 12.4 Å². The Labute approximate surface area is 113 Å². The number of amides is 1. The van der Waals surface area contributed by atoms with E-state index < -0.39 is 29.3 Å². The lowest BCUT2D eigenvalue weighted by atomic mass is 9.98. The van der Waals surface area contributed by atoms with Gasteiger partial charge in [0.2, 0.25) is 6.41 Å². The van der Waals surface area contributed by atoms with Crippen LogP contribution in [0, 0.1) is 0 Å². The molecule has 0 saturated heterocycles. The molecular weight excluding hydrogens is 275 g/mol. The SMILES string of the molecule is CCCN(C=O)C(C(=O)O)c1ccccc1C(F)(F)F. The zero-order valence-electron chi connectivity index (χ0n) is 10.7. The predicted octanol–water partition coefficient (Wildman–Crippen LogP) is 2.70. The predicted molar refractivity (Wildman–Crippen MR) is 64.9 cm³/mol. The van der Waals surface area contributed by atoms with Gasteiger partial charge in [0.1, 0.15) is 0 Å². The second kappa shape index (κ2) is 6.40. The van der Waals surface area contributed by atoms with E-state index in [9.17, 15) is 27.9 Å². The first kappa shape index (κ1) is 16.0. The number of carboxylic acids is 1. The molecular formula is C13H14F3NO3. The quantitative estimate of drug-likeness (QED) is 0.819. The van der Waals surface area contributed by atoms with Gasteiger partial charge >= 0.3 is 12.1 Å². The Balaban J connectivity index is 3.36. The highest BCUT2D eigenvalue weighted by Gasteiger charge is 2.38. The number of nitrogens with zero attached hydrogens (tertiary/aromatic N) is 1. The molecule has 4 nitrogen and oxygen atoms in total. The van der Waals surface area contributed by atoms with Crippen LogP contribution in [0.25, 0.3) is 0 Å². The van der Waals surface area contributed by atoms with E-state index in [-0.39, 0.29) is 13.0 Å². The number of alkyl halides is 3. The second-order valence-electron chi connectivity index (χ2n) is 4.17. The zero-order chi connectivity index (χ0) is 15.3. The summed E-state index contributed by atoms with van der Waals surface area (Å²) in [6.45, 7) is 1.76. The smallest absolute Gasteiger partial charge is 0.416 e. The summed E-state index contributed by atoms with van der Waals surface area (Å²) >= 11 is 0. The highest BCUT2D eigenvalue weighted by atomic mass is 19.4. The molecule has 1 amide bonds. The zero-order valence-corrected chi connectivity index (χ0v) is 10.7. The fourth-order valence-electron chi connectivity index (χ4n) is 1.95. The fraction of sp³-hybridized carbons (Fsp3) is 0.385. The van der Waals surface area contributed by atoms with Crippen molar-refractivity contribution in [1.82, 2.24) is 4.90 Å². The van der Waals surface area contributed by atoms with E-state index in [1.807, 2.05) is 0 Å². The van der Waals surface area contributed by atoms with E-state index in [0.717, 1.165) is 17.0 Å². The Bertz CT molecular complexity index is 488. The Kier molecular flexibility index (Phi) is 5.12. The van der Waals surface area contributed by atoms with Crippen molar-refractivity contribution in [1.29, 1.82) is 0 Å². The molecule has 0 spiro atoms.